The molecule has 0 bridgehead atoms. The van der Waals surface area contributed by atoms with Crippen molar-refractivity contribution in [3.8, 4) is 0 Å². The molecule has 2 heterocycles. The lowest BCUT2D eigenvalue weighted by atomic mass is 10.1. The van der Waals surface area contributed by atoms with Crippen LogP contribution in [0.25, 0.3) is 22.2 Å². The zero-order chi connectivity index (χ0) is 25.3. The van der Waals surface area contributed by atoms with Crippen molar-refractivity contribution in [3.05, 3.63) is 90.0 Å². The lowest BCUT2D eigenvalue weighted by molar-refractivity contribution is 0.0495. The van der Waals surface area contributed by atoms with Gasteiger partial charge in [-0.25, -0.2) is 23.2 Å². The fourth-order valence-electron chi connectivity index (χ4n) is 4.17. The number of fused-ring (bicyclic) bond motifs is 2. The van der Waals surface area contributed by atoms with Crippen molar-refractivity contribution < 1.29 is 17.9 Å². The number of rotatable bonds is 7. The van der Waals surface area contributed by atoms with Gasteiger partial charge in [-0.1, -0.05) is 48.5 Å². The van der Waals surface area contributed by atoms with Crippen LogP contribution in [-0.4, -0.2) is 35.5 Å². The Balaban J connectivity index is 1.50. The molecule has 36 heavy (non-hydrogen) atoms. The molecule has 0 aliphatic rings. The van der Waals surface area contributed by atoms with Crippen LogP contribution in [0.15, 0.2) is 88.7 Å². The zero-order valence-electron chi connectivity index (χ0n) is 19.6. The quantitative estimate of drug-likeness (QED) is 0.257. The second kappa shape index (κ2) is 9.43. The number of nitrogen functional groups attached to an aromatic ring is 1. The van der Waals surface area contributed by atoms with Gasteiger partial charge in [-0.15, -0.1) is 0 Å². The molecule has 2 aromatic heterocycles. The molecule has 0 aliphatic heterocycles. The number of esters is 1. The molecule has 0 saturated heterocycles. The van der Waals surface area contributed by atoms with Crippen LogP contribution in [0.4, 0.5) is 5.82 Å². The Hall–Kier alpha value is -4.24. The van der Waals surface area contributed by atoms with E-state index >= 15 is 0 Å². The third-order valence-corrected chi connectivity index (χ3v) is 7.83. The first-order valence-corrected chi connectivity index (χ1v) is 12.9. The molecular formula is C27H24N4O4S. The Kier molecular flexibility index (Phi) is 6.15. The van der Waals surface area contributed by atoms with Gasteiger partial charge in [0, 0.05) is 6.54 Å². The number of carbonyl (C=O) groups excluding carboxylic acids is 1. The summed E-state index contributed by atoms with van der Waals surface area (Å²) < 4.78 is 34.3. The molecule has 0 atom stereocenters. The normalized spacial score (nSPS) is 11.7. The molecule has 0 fully saturated rings. The fourth-order valence-corrected chi connectivity index (χ4v) is 5.69. The van der Waals surface area contributed by atoms with Crippen LogP contribution in [0.3, 0.4) is 0 Å². The topological polar surface area (TPSA) is 117 Å². The minimum atomic E-state index is -3.96. The highest BCUT2D eigenvalue weighted by molar-refractivity contribution is 7.92. The monoisotopic (exact) mass is 500 g/mol. The largest absolute Gasteiger partial charge is 0.462 e. The SMILES string of the molecule is Cc1ccccc1C(=O)OCCCn1c(N)c(S(=O)(=O)c2ccccc2)c2nc3ccccc3nc21. The number of benzene rings is 3. The van der Waals surface area contributed by atoms with Crippen LogP contribution in [-0.2, 0) is 21.1 Å². The first-order chi connectivity index (χ1) is 17.4. The van der Waals surface area contributed by atoms with Crippen LogP contribution in [0, 0.1) is 6.92 Å². The molecule has 5 rings (SSSR count). The van der Waals surface area contributed by atoms with E-state index in [1.807, 2.05) is 37.3 Å². The predicted octanol–water partition coefficient (Wildman–Crippen LogP) is 4.56. The van der Waals surface area contributed by atoms with E-state index in [2.05, 4.69) is 9.97 Å². The number of nitrogens with zero attached hydrogens (tertiary/aromatic N) is 3. The van der Waals surface area contributed by atoms with Crippen LogP contribution < -0.4 is 5.73 Å². The van der Waals surface area contributed by atoms with Gasteiger partial charge in [0.15, 0.2) is 5.65 Å². The lowest BCUT2D eigenvalue weighted by Crippen LogP contribution is -2.12. The number of aryl methyl sites for hydroxylation is 2. The Morgan fingerprint density at radius 3 is 2.28 bits per heavy atom. The van der Waals surface area contributed by atoms with Gasteiger partial charge < -0.3 is 15.0 Å². The minimum absolute atomic E-state index is 0.0504. The van der Waals surface area contributed by atoms with E-state index in [-0.39, 0.29) is 27.7 Å². The predicted molar refractivity (Wildman–Crippen MR) is 137 cm³/mol. The molecule has 8 nitrogen and oxygen atoms in total. The highest BCUT2D eigenvalue weighted by Crippen LogP contribution is 2.35. The third-order valence-electron chi connectivity index (χ3n) is 5.99. The fraction of sp³-hybridized carbons (Fsp3) is 0.148. The third kappa shape index (κ3) is 4.18. The van der Waals surface area contributed by atoms with Crippen LogP contribution in [0.2, 0.25) is 0 Å². The maximum absolute atomic E-state index is 13.6. The maximum atomic E-state index is 13.6. The second-order valence-electron chi connectivity index (χ2n) is 8.37. The number of anilines is 1. The van der Waals surface area contributed by atoms with Crippen molar-refractivity contribution in [3.63, 3.8) is 0 Å². The number of aromatic nitrogens is 3. The average molecular weight is 501 g/mol. The zero-order valence-corrected chi connectivity index (χ0v) is 20.4. The molecule has 0 unspecified atom stereocenters. The smallest absolute Gasteiger partial charge is 0.338 e. The molecule has 9 heteroatoms. The molecule has 182 valence electrons. The van der Waals surface area contributed by atoms with Gasteiger partial charge in [0.25, 0.3) is 0 Å². The van der Waals surface area contributed by atoms with Crippen molar-refractivity contribution >= 4 is 43.8 Å². The molecule has 3 aromatic carbocycles. The Morgan fingerprint density at radius 2 is 1.56 bits per heavy atom. The number of sulfone groups is 1. The molecule has 0 radical (unpaired) electrons. The summed E-state index contributed by atoms with van der Waals surface area (Å²) in [5, 5.41) is 0. The Bertz CT molecular complexity index is 1700. The number of nitrogens with two attached hydrogens (primary N) is 1. The van der Waals surface area contributed by atoms with E-state index in [1.165, 1.54) is 12.1 Å². The van der Waals surface area contributed by atoms with Crippen molar-refractivity contribution in [2.75, 3.05) is 12.3 Å². The van der Waals surface area contributed by atoms with Crippen LogP contribution >= 0.6 is 0 Å². The maximum Gasteiger partial charge on any atom is 0.338 e. The summed E-state index contributed by atoms with van der Waals surface area (Å²) in [5.74, 6) is -0.356. The summed E-state index contributed by atoms with van der Waals surface area (Å²) in [6.45, 7) is 2.27. The summed E-state index contributed by atoms with van der Waals surface area (Å²) in [6.07, 6.45) is 0.408. The van der Waals surface area contributed by atoms with E-state index in [9.17, 15) is 13.2 Å². The van der Waals surface area contributed by atoms with Gasteiger partial charge in [0.1, 0.15) is 16.2 Å². The summed E-state index contributed by atoms with van der Waals surface area (Å²) in [6, 6.07) is 22.6. The van der Waals surface area contributed by atoms with Gasteiger partial charge in [0.05, 0.1) is 28.1 Å². The summed E-state index contributed by atoms with van der Waals surface area (Å²) in [5.41, 5.74) is 9.57. The standard InChI is InChI=1S/C27H24N4O4S/c1-18-10-5-6-13-20(18)27(32)35-17-9-16-31-25(28)24(36(33,34)19-11-3-2-4-12-19)23-26(31)30-22-15-8-7-14-21(22)29-23/h2-8,10-15H,9,16-17,28H2,1H3. The van der Waals surface area contributed by atoms with Gasteiger partial charge in [-0.05, 0) is 49.2 Å². The number of hydrogen-bond donors (Lipinski definition) is 1. The summed E-state index contributed by atoms with van der Waals surface area (Å²) in [7, 11) is -3.96. The van der Waals surface area contributed by atoms with Gasteiger partial charge in [-0.3, -0.25) is 0 Å². The van der Waals surface area contributed by atoms with E-state index in [4.69, 9.17) is 10.5 Å². The van der Waals surface area contributed by atoms with Crippen LogP contribution in [0.1, 0.15) is 22.3 Å². The first-order valence-electron chi connectivity index (χ1n) is 11.5. The number of ether oxygens (including phenoxy) is 1. The van der Waals surface area contributed by atoms with E-state index in [1.54, 1.807) is 41.0 Å². The summed E-state index contributed by atoms with van der Waals surface area (Å²) >= 11 is 0. The van der Waals surface area contributed by atoms with Gasteiger partial charge in [-0.2, -0.15) is 0 Å². The van der Waals surface area contributed by atoms with Gasteiger partial charge >= 0.3 is 5.97 Å². The highest BCUT2D eigenvalue weighted by atomic mass is 32.2. The minimum Gasteiger partial charge on any atom is -0.462 e. The number of carbonyl (C=O) groups is 1. The molecular weight excluding hydrogens is 476 g/mol. The molecule has 0 spiro atoms. The summed E-state index contributed by atoms with van der Waals surface area (Å²) in [4.78, 5) is 21.8. The first kappa shape index (κ1) is 23.5. The number of hydrogen-bond acceptors (Lipinski definition) is 7. The van der Waals surface area contributed by atoms with E-state index < -0.39 is 15.8 Å². The van der Waals surface area contributed by atoms with Crippen molar-refractivity contribution in [1.29, 1.82) is 0 Å². The Labute approximate surface area is 208 Å². The molecule has 0 aliphatic carbocycles. The van der Waals surface area contributed by atoms with Gasteiger partial charge in [0.2, 0.25) is 9.84 Å². The van der Waals surface area contributed by atoms with Crippen molar-refractivity contribution in [1.82, 2.24) is 14.5 Å². The van der Waals surface area contributed by atoms with Crippen molar-refractivity contribution in [2.24, 2.45) is 0 Å². The number of para-hydroxylation sites is 2. The average Bonchev–Trinajstić information content (AvgIpc) is 3.16. The molecule has 5 aromatic rings. The Morgan fingerprint density at radius 1 is 0.917 bits per heavy atom. The second-order valence-corrected chi connectivity index (χ2v) is 10.3. The van der Waals surface area contributed by atoms with Crippen LogP contribution in [0.5, 0.6) is 0 Å². The lowest BCUT2D eigenvalue weighted by Gasteiger charge is -2.10. The van der Waals surface area contributed by atoms with E-state index in [0.29, 0.717) is 35.2 Å². The molecule has 0 saturated carbocycles. The molecule has 0 amide bonds. The van der Waals surface area contributed by atoms with E-state index in [0.717, 1.165) is 5.56 Å². The van der Waals surface area contributed by atoms with Crippen molar-refractivity contribution in [2.45, 2.75) is 29.7 Å². The highest BCUT2D eigenvalue weighted by Gasteiger charge is 2.30. The molecule has 2 N–H and O–H groups in total.